The van der Waals surface area contributed by atoms with Crippen molar-refractivity contribution in [1.82, 2.24) is 10.2 Å². The topological polar surface area (TPSA) is 98.0 Å². The summed E-state index contributed by atoms with van der Waals surface area (Å²) >= 11 is 2.42. The van der Waals surface area contributed by atoms with Gasteiger partial charge < -0.3 is 5.32 Å². The molecule has 0 aliphatic heterocycles. The van der Waals surface area contributed by atoms with Crippen LogP contribution in [0.5, 0.6) is 0 Å². The van der Waals surface area contributed by atoms with Crippen molar-refractivity contribution < 1.29 is 14.1 Å². The zero-order chi connectivity index (χ0) is 19.4. The van der Waals surface area contributed by atoms with Gasteiger partial charge in [0.1, 0.15) is 5.82 Å². The van der Waals surface area contributed by atoms with Gasteiger partial charge >= 0.3 is 0 Å². The smallest absolute Gasteiger partial charge is 0.273 e. The molecule has 1 aromatic heterocycles. The van der Waals surface area contributed by atoms with Crippen LogP contribution in [0.2, 0.25) is 0 Å². The molecule has 0 aliphatic rings. The summed E-state index contributed by atoms with van der Waals surface area (Å²) in [5.74, 6) is -0.524. The number of nitro benzene ring substituents is 1. The van der Waals surface area contributed by atoms with Gasteiger partial charge in [0, 0.05) is 22.9 Å². The van der Waals surface area contributed by atoms with Gasteiger partial charge in [-0.05, 0) is 25.1 Å². The Balaban J connectivity index is 1.62. The van der Waals surface area contributed by atoms with Crippen LogP contribution in [0.15, 0.2) is 46.8 Å². The highest BCUT2D eigenvalue weighted by Crippen LogP contribution is 2.29. The maximum atomic E-state index is 13.2. The number of hydrogen-bond acceptors (Lipinski definition) is 8. The SMILES string of the molecule is Cc1ccc(C(=O)CSc2nnc(Nc3cccc(F)c3)s2)cc1[N+](=O)[O-]. The zero-order valence-corrected chi connectivity index (χ0v) is 15.6. The minimum absolute atomic E-state index is 0.0782. The third-order valence-corrected chi connectivity index (χ3v) is 5.51. The summed E-state index contributed by atoms with van der Waals surface area (Å²) in [6, 6.07) is 10.4. The molecule has 0 spiro atoms. The molecule has 3 aromatic rings. The number of Topliss-reactive ketones (excluding diaryl/α,β-unsaturated/α-hetero) is 1. The lowest BCUT2D eigenvalue weighted by Crippen LogP contribution is -2.04. The van der Waals surface area contributed by atoms with Crippen LogP contribution < -0.4 is 5.32 Å². The molecular formula is C17H13FN4O3S2. The highest BCUT2D eigenvalue weighted by atomic mass is 32.2. The van der Waals surface area contributed by atoms with Gasteiger partial charge in [0.25, 0.3) is 5.69 Å². The van der Waals surface area contributed by atoms with Crippen LogP contribution in [0, 0.1) is 22.9 Å². The fraction of sp³-hybridized carbons (Fsp3) is 0.118. The molecule has 0 fully saturated rings. The summed E-state index contributed by atoms with van der Waals surface area (Å²) in [5, 5.41) is 22.3. The number of nitro groups is 1. The molecule has 0 radical (unpaired) electrons. The number of halogens is 1. The summed E-state index contributed by atoms with van der Waals surface area (Å²) in [6.45, 7) is 1.62. The van der Waals surface area contributed by atoms with Gasteiger partial charge in [0.15, 0.2) is 10.1 Å². The molecule has 1 heterocycles. The number of nitrogens with zero attached hydrogens (tertiary/aromatic N) is 3. The number of thioether (sulfide) groups is 1. The van der Waals surface area contributed by atoms with Crippen LogP contribution in [0.3, 0.4) is 0 Å². The van der Waals surface area contributed by atoms with E-state index in [1.165, 1.54) is 41.3 Å². The number of aryl methyl sites for hydroxylation is 1. The zero-order valence-electron chi connectivity index (χ0n) is 14.0. The third-order valence-electron chi connectivity index (χ3n) is 3.54. The van der Waals surface area contributed by atoms with Gasteiger partial charge in [0.2, 0.25) is 5.13 Å². The van der Waals surface area contributed by atoms with Crippen molar-refractivity contribution in [2.24, 2.45) is 0 Å². The number of carbonyl (C=O) groups is 1. The van der Waals surface area contributed by atoms with Gasteiger partial charge in [-0.15, -0.1) is 10.2 Å². The van der Waals surface area contributed by atoms with Gasteiger partial charge in [-0.3, -0.25) is 14.9 Å². The lowest BCUT2D eigenvalue weighted by atomic mass is 10.1. The van der Waals surface area contributed by atoms with E-state index in [2.05, 4.69) is 15.5 Å². The number of carbonyl (C=O) groups excluding carboxylic acids is 1. The minimum Gasteiger partial charge on any atom is -0.330 e. The van der Waals surface area contributed by atoms with E-state index < -0.39 is 4.92 Å². The Hall–Kier alpha value is -2.85. The first-order chi connectivity index (χ1) is 12.9. The highest BCUT2D eigenvalue weighted by Gasteiger charge is 2.16. The van der Waals surface area contributed by atoms with E-state index in [-0.39, 0.29) is 28.6 Å². The monoisotopic (exact) mass is 404 g/mol. The number of ketones is 1. The second-order valence-electron chi connectivity index (χ2n) is 5.48. The lowest BCUT2D eigenvalue weighted by Gasteiger charge is -2.02. The standard InChI is InChI=1S/C17H13FN4O3S2/c1-10-5-6-11(7-14(10)22(24)25)15(23)9-26-17-21-20-16(27-17)19-13-4-2-3-12(18)8-13/h2-8H,9H2,1H3,(H,19,20). The van der Waals surface area contributed by atoms with Crippen molar-refractivity contribution in [2.75, 3.05) is 11.1 Å². The molecular weight excluding hydrogens is 391 g/mol. The van der Waals surface area contributed by atoms with Crippen molar-refractivity contribution in [3.05, 3.63) is 69.5 Å². The number of hydrogen-bond donors (Lipinski definition) is 1. The molecule has 3 rings (SSSR count). The Labute approximate surface area is 161 Å². The molecule has 27 heavy (non-hydrogen) atoms. The maximum absolute atomic E-state index is 13.2. The number of nitrogens with one attached hydrogen (secondary N) is 1. The van der Waals surface area contributed by atoms with E-state index in [1.807, 2.05) is 0 Å². The Bertz CT molecular complexity index is 1010. The van der Waals surface area contributed by atoms with Crippen molar-refractivity contribution in [1.29, 1.82) is 0 Å². The van der Waals surface area contributed by atoms with Crippen LogP contribution in [0.4, 0.5) is 20.9 Å². The van der Waals surface area contributed by atoms with E-state index in [9.17, 15) is 19.3 Å². The van der Waals surface area contributed by atoms with Crippen molar-refractivity contribution in [3.8, 4) is 0 Å². The summed E-state index contributed by atoms with van der Waals surface area (Å²) < 4.78 is 13.8. The van der Waals surface area contributed by atoms with Crippen molar-refractivity contribution in [3.63, 3.8) is 0 Å². The summed E-state index contributed by atoms with van der Waals surface area (Å²) in [5.41, 5.74) is 1.25. The number of aromatic nitrogens is 2. The average molecular weight is 404 g/mol. The Morgan fingerprint density at radius 2 is 2.11 bits per heavy atom. The van der Waals surface area contributed by atoms with Gasteiger partial charge in [-0.1, -0.05) is 41.3 Å². The first-order valence-electron chi connectivity index (χ1n) is 7.69. The van der Waals surface area contributed by atoms with Gasteiger partial charge in [0.05, 0.1) is 10.7 Å². The van der Waals surface area contributed by atoms with Gasteiger partial charge in [-0.2, -0.15) is 0 Å². The van der Waals surface area contributed by atoms with Gasteiger partial charge in [-0.25, -0.2) is 4.39 Å². The molecule has 1 N–H and O–H groups in total. The largest absolute Gasteiger partial charge is 0.330 e. The molecule has 0 bridgehead atoms. The maximum Gasteiger partial charge on any atom is 0.273 e. The third kappa shape index (κ3) is 4.86. The van der Waals surface area contributed by atoms with Crippen LogP contribution in [0.25, 0.3) is 0 Å². The Morgan fingerprint density at radius 1 is 1.30 bits per heavy atom. The first kappa shape index (κ1) is 18.9. The minimum atomic E-state index is -0.506. The molecule has 0 saturated heterocycles. The number of anilines is 2. The van der Waals surface area contributed by atoms with E-state index in [0.717, 1.165) is 0 Å². The predicted octanol–water partition coefficient (Wildman–Crippen LogP) is 4.61. The summed E-state index contributed by atoms with van der Waals surface area (Å²) in [4.78, 5) is 22.8. The summed E-state index contributed by atoms with van der Waals surface area (Å²) in [7, 11) is 0. The Morgan fingerprint density at radius 3 is 2.85 bits per heavy atom. The average Bonchev–Trinajstić information content (AvgIpc) is 3.07. The molecule has 0 unspecified atom stereocenters. The van der Waals surface area contributed by atoms with E-state index in [0.29, 0.717) is 20.7 Å². The lowest BCUT2D eigenvalue weighted by molar-refractivity contribution is -0.385. The predicted molar refractivity (Wildman–Crippen MR) is 102 cm³/mol. The molecule has 2 aromatic carbocycles. The number of benzene rings is 2. The normalized spacial score (nSPS) is 10.6. The van der Waals surface area contributed by atoms with Crippen molar-refractivity contribution >= 4 is 45.4 Å². The number of rotatable bonds is 7. The molecule has 138 valence electrons. The quantitative estimate of drug-likeness (QED) is 0.266. The molecule has 10 heteroatoms. The van der Waals surface area contributed by atoms with E-state index in [1.54, 1.807) is 31.2 Å². The van der Waals surface area contributed by atoms with E-state index in [4.69, 9.17) is 0 Å². The molecule has 0 atom stereocenters. The molecule has 0 saturated carbocycles. The second kappa shape index (κ2) is 8.23. The van der Waals surface area contributed by atoms with Crippen LogP contribution >= 0.6 is 23.1 Å². The van der Waals surface area contributed by atoms with Crippen LogP contribution in [-0.2, 0) is 0 Å². The fourth-order valence-corrected chi connectivity index (χ4v) is 3.87. The first-order valence-corrected chi connectivity index (χ1v) is 9.50. The molecule has 0 amide bonds. The second-order valence-corrected chi connectivity index (χ2v) is 7.68. The van der Waals surface area contributed by atoms with E-state index >= 15 is 0 Å². The highest BCUT2D eigenvalue weighted by molar-refractivity contribution is 8.01. The fourth-order valence-electron chi connectivity index (χ4n) is 2.20. The Kier molecular flexibility index (Phi) is 5.77. The van der Waals surface area contributed by atoms with Crippen LogP contribution in [-0.4, -0.2) is 26.7 Å². The van der Waals surface area contributed by atoms with Crippen molar-refractivity contribution in [2.45, 2.75) is 11.3 Å². The van der Waals surface area contributed by atoms with Crippen LogP contribution in [0.1, 0.15) is 15.9 Å². The molecule has 0 aliphatic carbocycles. The molecule has 7 nitrogen and oxygen atoms in total. The summed E-state index contributed by atoms with van der Waals surface area (Å²) in [6.07, 6.45) is 0.